The summed E-state index contributed by atoms with van der Waals surface area (Å²) in [4.78, 5) is 26.7. The van der Waals surface area contributed by atoms with Crippen molar-refractivity contribution in [3.05, 3.63) is 102 Å². The van der Waals surface area contributed by atoms with Crippen molar-refractivity contribution in [3.8, 4) is 17.1 Å². The van der Waals surface area contributed by atoms with Gasteiger partial charge in [-0.3, -0.25) is 9.78 Å². The molecule has 0 saturated heterocycles. The second-order valence-corrected chi connectivity index (χ2v) is 7.94. The molecule has 0 radical (unpaired) electrons. The molecule has 0 aliphatic heterocycles. The van der Waals surface area contributed by atoms with Crippen LogP contribution in [0.2, 0.25) is 0 Å². The number of rotatable bonds is 9. The lowest BCUT2D eigenvalue weighted by Gasteiger charge is -2.15. The summed E-state index contributed by atoms with van der Waals surface area (Å²) in [6.07, 6.45) is 10.3. The van der Waals surface area contributed by atoms with Crippen molar-refractivity contribution in [1.29, 1.82) is 0 Å². The second kappa shape index (κ2) is 11.1. The van der Waals surface area contributed by atoms with Crippen LogP contribution < -0.4 is 15.4 Å². The van der Waals surface area contributed by atoms with Crippen LogP contribution in [-0.2, 0) is 11.3 Å². The van der Waals surface area contributed by atoms with E-state index in [1.165, 1.54) is 0 Å². The normalized spacial score (nSPS) is 11.6. The lowest BCUT2D eigenvalue weighted by Crippen LogP contribution is -2.26. The van der Waals surface area contributed by atoms with Crippen molar-refractivity contribution < 1.29 is 13.9 Å². The highest BCUT2D eigenvalue weighted by molar-refractivity contribution is 6.00. The standard InChI is InChI=1S/C28H27N5O3/c1-5-6-9-22(28(34)30-17-25-18(2)12-14-36-25)19(3)31-27-23-15-21(35-4)10-11-24(23)32-26(33-27)20-8-7-13-29-16-20/h5-16H,3,17H2,1-2,4H3,(H,30,34)(H,31,32,33)/b6-5-,22-9+. The fraction of sp³-hybridized carbons (Fsp3) is 0.143. The molecule has 0 atom stereocenters. The molecule has 8 nitrogen and oxygen atoms in total. The summed E-state index contributed by atoms with van der Waals surface area (Å²) >= 11 is 0. The molecule has 3 aromatic heterocycles. The van der Waals surface area contributed by atoms with E-state index >= 15 is 0 Å². The van der Waals surface area contributed by atoms with Crippen LogP contribution in [-0.4, -0.2) is 28.0 Å². The van der Waals surface area contributed by atoms with E-state index < -0.39 is 0 Å². The minimum atomic E-state index is -0.301. The number of amides is 1. The summed E-state index contributed by atoms with van der Waals surface area (Å²) in [5.74, 6) is 2.04. The average Bonchev–Trinajstić information content (AvgIpc) is 3.32. The molecular weight excluding hydrogens is 454 g/mol. The van der Waals surface area contributed by atoms with Crippen LogP contribution in [0, 0.1) is 6.92 Å². The first-order chi connectivity index (χ1) is 17.5. The van der Waals surface area contributed by atoms with Gasteiger partial charge in [-0.05, 0) is 61.9 Å². The average molecular weight is 482 g/mol. The Bertz CT molecular complexity index is 1450. The number of hydrogen-bond donors (Lipinski definition) is 2. The molecule has 0 aliphatic rings. The van der Waals surface area contributed by atoms with Gasteiger partial charge in [0.25, 0.3) is 5.91 Å². The topological polar surface area (TPSA) is 102 Å². The lowest BCUT2D eigenvalue weighted by atomic mass is 10.1. The van der Waals surface area contributed by atoms with Crippen LogP contribution in [0.25, 0.3) is 22.3 Å². The third-order valence-electron chi connectivity index (χ3n) is 5.49. The largest absolute Gasteiger partial charge is 0.497 e. The Kier molecular flexibility index (Phi) is 7.55. The van der Waals surface area contributed by atoms with Crippen LogP contribution in [0.15, 0.2) is 95.5 Å². The van der Waals surface area contributed by atoms with E-state index in [4.69, 9.17) is 19.1 Å². The SMILES string of the molecule is C=C(Nc1nc(-c2cccnc2)nc2ccc(OC)cc12)/C(=C\C=C/C)C(=O)NCc1occc1C. The summed E-state index contributed by atoms with van der Waals surface area (Å²) in [7, 11) is 1.60. The predicted molar refractivity (Wildman–Crippen MR) is 140 cm³/mol. The quantitative estimate of drug-likeness (QED) is 0.245. The first-order valence-corrected chi connectivity index (χ1v) is 11.4. The lowest BCUT2D eigenvalue weighted by molar-refractivity contribution is -0.117. The number of nitrogens with one attached hydrogen (secondary N) is 2. The molecule has 0 fully saturated rings. The monoisotopic (exact) mass is 481 g/mol. The van der Waals surface area contributed by atoms with Crippen LogP contribution in [0.3, 0.4) is 0 Å². The molecule has 0 spiro atoms. The molecule has 182 valence electrons. The summed E-state index contributed by atoms with van der Waals surface area (Å²) < 4.78 is 10.8. The van der Waals surface area contributed by atoms with Crippen LogP contribution in [0.5, 0.6) is 5.75 Å². The predicted octanol–water partition coefficient (Wildman–Crippen LogP) is 5.35. The van der Waals surface area contributed by atoms with Gasteiger partial charge in [0.15, 0.2) is 5.82 Å². The Morgan fingerprint density at radius 3 is 2.78 bits per heavy atom. The van der Waals surface area contributed by atoms with Crippen molar-refractivity contribution in [3.63, 3.8) is 0 Å². The Morgan fingerprint density at radius 1 is 1.22 bits per heavy atom. The van der Waals surface area contributed by atoms with Gasteiger partial charge < -0.3 is 19.8 Å². The molecule has 1 aromatic carbocycles. The maximum atomic E-state index is 13.1. The van der Waals surface area contributed by atoms with Gasteiger partial charge in [0.1, 0.15) is 17.3 Å². The zero-order valence-electron chi connectivity index (χ0n) is 20.4. The minimum Gasteiger partial charge on any atom is -0.497 e. The Balaban J connectivity index is 1.68. The van der Waals surface area contributed by atoms with Gasteiger partial charge in [-0.2, -0.15) is 0 Å². The van der Waals surface area contributed by atoms with Gasteiger partial charge in [0, 0.05) is 29.0 Å². The molecule has 2 N–H and O–H groups in total. The van der Waals surface area contributed by atoms with Gasteiger partial charge in [-0.15, -0.1) is 0 Å². The van der Waals surface area contributed by atoms with Crippen molar-refractivity contribution >= 4 is 22.6 Å². The number of hydrogen-bond acceptors (Lipinski definition) is 7. The third kappa shape index (κ3) is 5.50. The maximum absolute atomic E-state index is 13.1. The van der Waals surface area contributed by atoms with Gasteiger partial charge in [0.2, 0.25) is 0 Å². The number of carbonyl (C=O) groups is 1. The van der Waals surface area contributed by atoms with Crippen molar-refractivity contribution in [1.82, 2.24) is 20.3 Å². The van der Waals surface area contributed by atoms with Crippen LogP contribution in [0.4, 0.5) is 5.82 Å². The molecular formula is C28H27N5O3. The number of carbonyl (C=O) groups excluding carboxylic acids is 1. The molecule has 4 aromatic rings. The van der Waals surface area contributed by atoms with Crippen molar-refractivity contribution in [2.75, 3.05) is 12.4 Å². The number of methoxy groups -OCH3 is 1. The number of pyridine rings is 1. The van der Waals surface area contributed by atoms with E-state index in [0.29, 0.717) is 39.9 Å². The number of allylic oxidation sites excluding steroid dienone is 3. The summed E-state index contributed by atoms with van der Waals surface area (Å²) in [5, 5.41) is 6.85. The second-order valence-electron chi connectivity index (χ2n) is 7.94. The Hall–Kier alpha value is -4.72. The Labute approximate surface area is 209 Å². The van der Waals surface area contributed by atoms with E-state index in [-0.39, 0.29) is 12.5 Å². The molecule has 3 heterocycles. The fourth-order valence-corrected chi connectivity index (χ4v) is 3.51. The number of anilines is 1. The molecule has 0 aliphatic carbocycles. The number of fused-ring (bicyclic) bond motifs is 1. The first-order valence-electron chi connectivity index (χ1n) is 11.4. The van der Waals surface area contributed by atoms with E-state index in [2.05, 4.69) is 22.2 Å². The number of ether oxygens (including phenoxy) is 1. The molecule has 0 unspecified atom stereocenters. The fourth-order valence-electron chi connectivity index (χ4n) is 3.51. The highest BCUT2D eigenvalue weighted by atomic mass is 16.5. The minimum absolute atomic E-state index is 0.261. The molecule has 36 heavy (non-hydrogen) atoms. The molecule has 0 saturated carbocycles. The third-order valence-corrected chi connectivity index (χ3v) is 5.49. The smallest absolute Gasteiger partial charge is 0.253 e. The van der Waals surface area contributed by atoms with Crippen molar-refractivity contribution in [2.45, 2.75) is 20.4 Å². The number of aromatic nitrogens is 3. The van der Waals surface area contributed by atoms with Gasteiger partial charge in [0.05, 0.1) is 31.0 Å². The highest BCUT2D eigenvalue weighted by Crippen LogP contribution is 2.29. The Morgan fingerprint density at radius 2 is 2.08 bits per heavy atom. The number of aryl methyl sites for hydroxylation is 1. The highest BCUT2D eigenvalue weighted by Gasteiger charge is 2.17. The van der Waals surface area contributed by atoms with Gasteiger partial charge >= 0.3 is 0 Å². The zero-order valence-corrected chi connectivity index (χ0v) is 20.4. The number of benzene rings is 1. The number of furan rings is 1. The van der Waals surface area contributed by atoms with Crippen LogP contribution in [0.1, 0.15) is 18.2 Å². The zero-order chi connectivity index (χ0) is 25.5. The molecule has 4 rings (SSSR count). The van der Waals surface area contributed by atoms with Crippen molar-refractivity contribution in [2.24, 2.45) is 0 Å². The van der Waals surface area contributed by atoms with E-state index in [1.807, 2.05) is 56.3 Å². The van der Waals surface area contributed by atoms with E-state index in [9.17, 15) is 4.79 Å². The summed E-state index contributed by atoms with van der Waals surface area (Å²) in [6, 6.07) is 11.1. The molecule has 8 heteroatoms. The number of nitrogens with zero attached hydrogens (tertiary/aromatic N) is 3. The molecule has 1 amide bonds. The van der Waals surface area contributed by atoms with E-state index in [1.54, 1.807) is 37.9 Å². The first kappa shape index (κ1) is 24.4. The van der Waals surface area contributed by atoms with Crippen LogP contribution >= 0.6 is 0 Å². The van der Waals surface area contributed by atoms with Gasteiger partial charge in [-0.25, -0.2) is 9.97 Å². The summed E-state index contributed by atoms with van der Waals surface area (Å²) in [5.41, 5.74) is 3.17. The van der Waals surface area contributed by atoms with E-state index in [0.717, 1.165) is 16.5 Å². The maximum Gasteiger partial charge on any atom is 0.253 e. The molecule has 0 bridgehead atoms. The summed E-state index contributed by atoms with van der Waals surface area (Å²) in [6.45, 7) is 8.20. The van der Waals surface area contributed by atoms with Gasteiger partial charge in [-0.1, -0.05) is 18.7 Å².